The van der Waals surface area contributed by atoms with Gasteiger partial charge < -0.3 is 9.73 Å². The Morgan fingerprint density at radius 1 is 1.10 bits per heavy atom. The molecule has 1 heterocycles. The predicted molar refractivity (Wildman–Crippen MR) is 83.4 cm³/mol. The van der Waals surface area contributed by atoms with Crippen LogP contribution in [0.4, 0.5) is 6.01 Å². The van der Waals surface area contributed by atoms with E-state index in [-0.39, 0.29) is 11.6 Å². The molecule has 3 rings (SSSR count). The van der Waals surface area contributed by atoms with Crippen LogP contribution < -0.4 is 10.9 Å². The molecule has 0 spiro atoms. The average Bonchev–Trinajstić information content (AvgIpc) is 2.53. The van der Waals surface area contributed by atoms with E-state index in [0.717, 1.165) is 17.5 Å². The molecule has 0 amide bonds. The van der Waals surface area contributed by atoms with E-state index in [1.165, 1.54) is 0 Å². The lowest BCUT2D eigenvalue weighted by atomic mass is 10.1. The fraction of sp³-hybridized carbons (Fsp3) is 0.176. The largest absolute Gasteiger partial charge is 0.389 e. The second-order valence-electron chi connectivity index (χ2n) is 4.85. The summed E-state index contributed by atoms with van der Waals surface area (Å²) >= 11 is 0. The SMILES string of the molecule is CCc1ccc2c(=O)oc(NCc3ccccc3)nc2c1. The first-order valence-electron chi connectivity index (χ1n) is 6.98. The summed E-state index contributed by atoms with van der Waals surface area (Å²) in [7, 11) is 0. The Kier molecular flexibility index (Phi) is 3.69. The van der Waals surface area contributed by atoms with Gasteiger partial charge in [-0.1, -0.05) is 43.3 Å². The van der Waals surface area contributed by atoms with Crippen LogP contribution in [0.15, 0.2) is 57.7 Å². The van der Waals surface area contributed by atoms with E-state index >= 15 is 0 Å². The molecule has 4 heteroatoms. The maximum absolute atomic E-state index is 12.0. The summed E-state index contributed by atoms with van der Waals surface area (Å²) in [5, 5.41) is 3.57. The fourth-order valence-corrected chi connectivity index (χ4v) is 2.19. The molecular weight excluding hydrogens is 264 g/mol. The van der Waals surface area contributed by atoms with Crippen LogP contribution in [0.25, 0.3) is 10.9 Å². The van der Waals surface area contributed by atoms with Crippen molar-refractivity contribution < 1.29 is 4.42 Å². The number of hydrogen-bond acceptors (Lipinski definition) is 4. The minimum absolute atomic E-state index is 0.254. The van der Waals surface area contributed by atoms with Gasteiger partial charge in [-0.3, -0.25) is 0 Å². The van der Waals surface area contributed by atoms with Gasteiger partial charge in [0.2, 0.25) is 0 Å². The highest BCUT2D eigenvalue weighted by atomic mass is 16.4. The Balaban J connectivity index is 1.90. The van der Waals surface area contributed by atoms with Crippen LogP contribution in [-0.4, -0.2) is 4.98 Å². The van der Waals surface area contributed by atoms with Crippen molar-refractivity contribution in [3.63, 3.8) is 0 Å². The van der Waals surface area contributed by atoms with Crippen LogP contribution >= 0.6 is 0 Å². The van der Waals surface area contributed by atoms with E-state index < -0.39 is 0 Å². The van der Waals surface area contributed by atoms with Gasteiger partial charge in [0.25, 0.3) is 6.01 Å². The third kappa shape index (κ3) is 2.94. The van der Waals surface area contributed by atoms with Crippen molar-refractivity contribution in [2.45, 2.75) is 19.9 Å². The Hall–Kier alpha value is -2.62. The molecule has 0 saturated heterocycles. The van der Waals surface area contributed by atoms with Crippen molar-refractivity contribution in [1.29, 1.82) is 0 Å². The van der Waals surface area contributed by atoms with Gasteiger partial charge in [-0.25, -0.2) is 4.79 Å². The molecule has 0 radical (unpaired) electrons. The lowest BCUT2D eigenvalue weighted by molar-refractivity contribution is 0.516. The molecule has 0 fully saturated rings. The van der Waals surface area contributed by atoms with Crippen LogP contribution in [-0.2, 0) is 13.0 Å². The zero-order valence-electron chi connectivity index (χ0n) is 11.8. The van der Waals surface area contributed by atoms with Gasteiger partial charge in [-0.05, 0) is 29.7 Å². The van der Waals surface area contributed by atoms with E-state index in [0.29, 0.717) is 17.4 Å². The molecule has 0 aliphatic rings. The number of anilines is 1. The van der Waals surface area contributed by atoms with Crippen molar-refractivity contribution in [1.82, 2.24) is 4.98 Å². The molecule has 0 aliphatic heterocycles. The van der Waals surface area contributed by atoms with Gasteiger partial charge >= 0.3 is 5.63 Å². The van der Waals surface area contributed by atoms with Crippen molar-refractivity contribution in [3.05, 3.63) is 70.1 Å². The van der Waals surface area contributed by atoms with E-state index in [4.69, 9.17) is 4.42 Å². The van der Waals surface area contributed by atoms with Crippen LogP contribution in [0.3, 0.4) is 0 Å². The number of rotatable bonds is 4. The number of fused-ring (bicyclic) bond motifs is 1. The molecule has 0 saturated carbocycles. The Labute approximate surface area is 122 Å². The van der Waals surface area contributed by atoms with Crippen LogP contribution in [0.1, 0.15) is 18.1 Å². The van der Waals surface area contributed by atoms with E-state index in [9.17, 15) is 4.79 Å². The summed E-state index contributed by atoms with van der Waals surface area (Å²) in [5.41, 5.74) is 2.55. The molecular formula is C17H16N2O2. The standard InChI is InChI=1S/C17H16N2O2/c1-2-12-8-9-14-15(10-12)19-17(21-16(14)20)18-11-13-6-4-3-5-7-13/h3-10H,2,11H2,1H3,(H,18,19). The van der Waals surface area contributed by atoms with Crippen molar-refractivity contribution in [2.75, 3.05) is 5.32 Å². The molecule has 0 unspecified atom stereocenters. The second kappa shape index (κ2) is 5.79. The first-order valence-corrected chi connectivity index (χ1v) is 6.98. The Morgan fingerprint density at radius 2 is 1.90 bits per heavy atom. The van der Waals surface area contributed by atoms with E-state index in [1.807, 2.05) is 42.5 Å². The maximum Gasteiger partial charge on any atom is 0.348 e. The normalized spacial score (nSPS) is 10.7. The Morgan fingerprint density at radius 3 is 2.67 bits per heavy atom. The summed E-state index contributed by atoms with van der Waals surface area (Å²) < 4.78 is 5.21. The van der Waals surface area contributed by atoms with Gasteiger partial charge in [-0.15, -0.1) is 0 Å². The van der Waals surface area contributed by atoms with Crippen molar-refractivity contribution in [2.24, 2.45) is 0 Å². The molecule has 106 valence electrons. The molecule has 0 bridgehead atoms. The summed E-state index contributed by atoms with van der Waals surface area (Å²) in [6, 6.07) is 15.8. The zero-order chi connectivity index (χ0) is 14.7. The van der Waals surface area contributed by atoms with Gasteiger partial charge in [0.1, 0.15) is 0 Å². The third-order valence-electron chi connectivity index (χ3n) is 3.39. The number of nitrogens with zero attached hydrogens (tertiary/aromatic N) is 1. The number of aromatic nitrogens is 1. The summed E-state index contributed by atoms with van der Waals surface area (Å²) in [6.07, 6.45) is 0.907. The number of hydrogen-bond donors (Lipinski definition) is 1. The van der Waals surface area contributed by atoms with Crippen LogP contribution in [0.2, 0.25) is 0 Å². The fourth-order valence-electron chi connectivity index (χ4n) is 2.19. The van der Waals surface area contributed by atoms with Crippen molar-refractivity contribution in [3.8, 4) is 0 Å². The highest BCUT2D eigenvalue weighted by Gasteiger charge is 2.06. The van der Waals surface area contributed by atoms with Gasteiger partial charge in [0, 0.05) is 6.54 Å². The zero-order valence-corrected chi connectivity index (χ0v) is 11.8. The minimum Gasteiger partial charge on any atom is -0.389 e. The molecule has 0 aliphatic carbocycles. The molecule has 2 aromatic carbocycles. The highest BCUT2D eigenvalue weighted by Crippen LogP contribution is 2.14. The van der Waals surface area contributed by atoms with Crippen LogP contribution in [0, 0.1) is 0 Å². The molecule has 3 aromatic rings. The maximum atomic E-state index is 12.0. The van der Waals surface area contributed by atoms with Crippen LogP contribution in [0.5, 0.6) is 0 Å². The molecule has 0 atom stereocenters. The molecule has 1 aromatic heterocycles. The number of nitrogens with one attached hydrogen (secondary N) is 1. The van der Waals surface area contributed by atoms with Crippen molar-refractivity contribution >= 4 is 16.9 Å². The van der Waals surface area contributed by atoms with E-state index in [1.54, 1.807) is 6.07 Å². The molecule has 1 N–H and O–H groups in total. The summed E-state index contributed by atoms with van der Waals surface area (Å²) in [5.74, 6) is 0. The first kappa shape index (κ1) is 13.4. The lowest BCUT2D eigenvalue weighted by Crippen LogP contribution is -2.08. The average molecular weight is 280 g/mol. The predicted octanol–water partition coefficient (Wildman–Crippen LogP) is 3.36. The first-order chi connectivity index (χ1) is 10.3. The van der Waals surface area contributed by atoms with Gasteiger partial charge in [-0.2, -0.15) is 4.98 Å². The summed E-state index contributed by atoms with van der Waals surface area (Å²) in [6.45, 7) is 2.64. The number of aryl methyl sites for hydroxylation is 1. The third-order valence-corrected chi connectivity index (χ3v) is 3.39. The lowest BCUT2D eigenvalue weighted by Gasteiger charge is -2.05. The second-order valence-corrected chi connectivity index (χ2v) is 4.85. The quantitative estimate of drug-likeness (QED) is 0.796. The smallest absolute Gasteiger partial charge is 0.348 e. The molecule has 21 heavy (non-hydrogen) atoms. The Bertz CT molecular complexity index is 810. The molecule has 4 nitrogen and oxygen atoms in total. The summed E-state index contributed by atoms with van der Waals surface area (Å²) in [4.78, 5) is 16.3. The number of benzene rings is 2. The van der Waals surface area contributed by atoms with Gasteiger partial charge in [0.15, 0.2) is 0 Å². The monoisotopic (exact) mass is 280 g/mol. The topological polar surface area (TPSA) is 55.1 Å². The minimum atomic E-state index is -0.363. The van der Waals surface area contributed by atoms with E-state index in [2.05, 4.69) is 17.2 Å². The highest BCUT2D eigenvalue weighted by molar-refractivity contribution is 5.78. The van der Waals surface area contributed by atoms with Gasteiger partial charge in [0.05, 0.1) is 10.9 Å².